The Morgan fingerprint density at radius 3 is 1.45 bits per heavy atom. The highest BCUT2D eigenvalue weighted by molar-refractivity contribution is 6.24. The molecule has 12 aromatic carbocycles. The molecule has 1 unspecified atom stereocenters. The molecule has 1 aliphatic carbocycles. The molecule has 1 aliphatic rings. The van der Waals surface area contributed by atoms with Gasteiger partial charge in [-0.2, -0.15) is 0 Å². The lowest BCUT2D eigenvalue weighted by atomic mass is 9.75. The van der Waals surface area contributed by atoms with Crippen LogP contribution < -0.4 is 4.90 Å². The fourth-order valence-corrected chi connectivity index (χ4v) is 11.2. The van der Waals surface area contributed by atoms with Crippen LogP contribution >= 0.6 is 0 Å². The summed E-state index contributed by atoms with van der Waals surface area (Å²) >= 11 is 0. The first-order valence-corrected chi connectivity index (χ1v) is 23.4. The van der Waals surface area contributed by atoms with E-state index >= 15 is 0 Å². The van der Waals surface area contributed by atoms with Gasteiger partial charge in [0.25, 0.3) is 0 Å². The van der Waals surface area contributed by atoms with Crippen LogP contribution in [0, 0.1) is 0 Å². The van der Waals surface area contributed by atoms with Gasteiger partial charge in [0.1, 0.15) is 0 Å². The van der Waals surface area contributed by atoms with Crippen LogP contribution in [0.25, 0.3) is 93.3 Å². The van der Waals surface area contributed by atoms with Gasteiger partial charge in [0.15, 0.2) is 0 Å². The second kappa shape index (κ2) is 16.2. The largest absolute Gasteiger partial charge is 0.309 e. The molecule has 1 nitrogen and oxygen atoms in total. The molecule has 13 rings (SSSR count). The SMILES string of the molecule is C1=CC(c2ccc(N(c3cccc4ccccc34)c3cccc4ccccc34)c3ccccc23)Cc2c1c1c(-c3ccccc3)c(-c3ccccc3)cc(-c3ccccc3)c1c1ccccc21. The fourth-order valence-electron chi connectivity index (χ4n) is 11.2. The van der Waals surface area contributed by atoms with Crippen molar-refractivity contribution in [1.29, 1.82) is 0 Å². The van der Waals surface area contributed by atoms with E-state index in [4.69, 9.17) is 0 Å². The number of hydrogen-bond acceptors (Lipinski definition) is 1. The maximum Gasteiger partial charge on any atom is 0.0540 e. The zero-order chi connectivity index (χ0) is 44.3. The van der Waals surface area contributed by atoms with Crippen molar-refractivity contribution in [2.24, 2.45) is 0 Å². The molecular weight excluding hydrogens is 807 g/mol. The monoisotopic (exact) mass is 851 g/mol. The topological polar surface area (TPSA) is 3.24 Å². The highest BCUT2D eigenvalue weighted by atomic mass is 15.1. The van der Waals surface area contributed by atoms with Crippen LogP contribution in [0.1, 0.15) is 22.6 Å². The predicted molar refractivity (Wildman–Crippen MR) is 287 cm³/mol. The zero-order valence-corrected chi connectivity index (χ0v) is 37.0. The average molecular weight is 852 g/mol. The molecule has 0 spiro atoms. The number of nitrogens with zero attached hydrogens (tertiary/aromatic N) is 1. The average Bonchev–Trinajstić information content (AvgIpc) is 3.41. The van der Waals surface area contributed by atoms with Crippen molar-refractivity contribution in [3.8, 4) is 33.4 Å². The van der Waals surface area contributed by atoms with E-state index in [1.807, 2.05) is 0 Å². The molecule has 0 N–H and O–H groups in total. The van der Waals surface area contributed by atoms with Crippen LogP contribution in [-0.4, -0.2) is 0 Å². The Kier molecular flexibility index (Phi) is 9.39. The van der Waals surface area contributed by atoms with Crippen molar-refractivity contribution < 1.29 is 0 Å². The summed E-state index contributed by atoms with van der Waals surface area (Å²) < 4.78 is 0. The van der Waals surface area contributed by atoms with Gasteiger partial charge in [0, 0.05) is 22.1 Å². The number of allylic oxidation sites excluding steroid dienone is 1. The van der Waals surface area contributed by atoms with Gasteiger partial charge >= 0.3 is 0 Å². The Morgan fingerprint density at radius 2 is 0.821 bits per heavy atom. The highest BCUT2D eigenvalue weighted by Crippen LogP contribution is 2.52. The molecule has 12 aromatic rings. The van der Waals surface area contributed by atoms with Gasteiger partial charge in [-0.3, -0.25) is 0 Å². The molecule has 1 atom stereocenters. The zero-order valence-electron chi connectivity index (χ0n) is 37.0. The van der Waals surface area contributed by atoms with Crippen molar-refractivity contribution in [1.82, 2.24) is 0 Å². The van der Waals surface area contributed by atoms with Gasteiger partial charge in [-0.15, -0.1) is 0 Å². The van der Waals surface area contributed by atoms with Gasteiger partial charge < -0.3 is 4.90 Å². The van der Waals surface area contributed by atoms with Crippen molar-refractivity contribution in [2.45, 2.75) is 12.3 Å². The third-order valence-electron chi connectivity index (χ3n) is 14.2. The molecule has 67 heavy (non-hydrogen) atoms. The van der Waals surface area contributed by atoms with E-state index in [2.05, 4.69) is 260 Å². The number of anilines is 3. The van der Waals surface area contributed by atoms with Crippen LogP contribution in [0.15, 0.2) is 249 Å². The summed E-state index contributed by atoms with van der Waals surface area (Å²) in [4.78, 5) is 2.50. The minimum absolute atomic E-state index is 0.155. The molecule has 314 valence electrons. The minimum atomic E-state index is 0.155. The fraction of sp³-hybridized carbons (Fsp3) is 0.0303. The van der Waals surface area contributed by atoms with Crippen molar-refractivity contribution in [2.75, 3.05) is 4.90 Å². The van der Waals surface area contributed by atoms with Crippen LogP contribution in [0.5, 0.6) is 0 Å². The smallest absolute Gasteiger partial charge is 0.0540 e. The van der Waals surface area contributed by atoms with E-state index in [0.29, 0.717) is 0 Å². The predicted octanol–water partition coefficient (Wildman–Crippen LogP) is 18.3. The van der Waals surface area contributed by atoms with Crippen LogP contribution in [0.2, 0.25) is 0 Å². The number of rotatable bonds is 7. The summed E-state index contributed by atoms with van der Waals surface area (Å²) in [6, 6.07) is 89.4. The maximum atomic E-state index is 2.50. The molecule has 0 amide bonds. The minimum Gasteiger partial charge on any atom is -0.309 e. The quantitative estimate of drug-likeness (QED) is 0.144. The first-order chi connectivity index (χ1) is 33.3. The molecule has 0 saturated carbocycles. The third kappa shape index (κ3) is 6.46. The Hall–Kier alpha value is -8.52. The van der Waals surface area contributed by atoms with E-state index in [1.54, 1.807) is 0 Å². The number of fused-ring (bicyclic) bond motifs is 9. The van der Waals surface area contributed by atoms with Crippen LogP contribution in [0.4, 0.5) is 17.1 Å². The van der Waals surface area contributed by atoms with E-state index in [1.165, 1.54) is 104 Å². The Morgan fingerprint density at radius 1 is 0.343 bits per heavy atom. The van der Waals surface area contributed by atoms with Gasteiger partial charge in [-0.1, -0.05) is 231 Å². The Labute approximate surface area is 391 Å². The van der Waals surface area contributed by atoms with Gasteiger partial charge in [0.05, 0.1) is 17.1 Å². The summed E-state index contributed by atoms with van der Waals surface area (Å²) in [5.74, 6) is 0.155. The molecule has 1 heteroatoms. The normalized spacial score (nSPS) is 13.4. The molecule has 0 saturated heterocycles. The van der Waals surface area contributed by atoms with Gasteiger partial charge in [-0.25, -0.2) is 0 Å². The lowest BCUT2D eigenvalue weighted by molar-refractivity contribution is 0.842. The van der Waals surface area contributed by atoms with Gasteiger partial charge in [-0.05, 0) is 118 Å². The van der Waals surface area contributed by atoms with Crippen LogP contribution in [-0.2, 0) is 6.42 Å². The molecule has 0 radical (unpaired) electrons. The second-order valence-electron chi connectivity index (χ2n) is 17.9. The van der Waals surface area contributed by atoms with E-state index in [-0.39, 0.29) is 5.92 Å². The lowest BCUT2D eigenvalue weighted by Gasteiger charge is -2.31. The number of hydrogen-bond donors (Lipinski definition) is 0. The van der Waals surface area contributed by atoms with E-state index in [9.17, 15) is 0 Å². The molecule has 0 aromatic heterocycles. The molecular formula is C66H45N. The highest BCUT2D eigenvalue weighted by Gasteiger charge is 2.28. The standard InChI is InChI=1S/C66H45N/c1-4-20-46(21-5-1)58-43-59(47-22-6-2-7-23-47)65-56-35-17-15-33-54(56)60-42-49(38-39-57(60)66(65)64(58)48-26-8-3-9-27-48)50-40-41-63(55-34-16-14-32-53(50)55)67(61-36-18-28-44-24-10-12-30-51(44)61)62-37-19-29-45-25-11-13-31-52(45)62/h1-41,43,49H,42H2. The first-order valence-electron chi connectivity index (χ1n) is 23.4. The molecule has 0 fully saturated rings. The first kappa shape index (κ1) is 38.9. The van der Waals surface area contributed by atoms with Crippen molar-refractivity contribution in [3.63, 3.8) is 0 Å². The Balaban J connectivity index is 1.05. The number of benzene rings is 12. The molecule has 0 aliphatic heterocycles. The summed E-state index contributed by atoms with van der Waals surface area (Å²) in [5.41, 5.74) is 15.0. The summed E-state index contributed by atoms with van der Waals surface area (Å²) in [6.07, 6.45) is 5.85. The molecule has 0 bridgehead atoms. The van der Waals surface area contributed by atoms with Gasteiger partial charge in [0.2, 0.25) is 0 Å². The molecule has 0 heterocycles. The summed E-state index contributed by atoms with van der Waals surface area (Å²) in [6.45, 7) is 0. The lowest BCUT2D eigenvalue weighted by Crippen LogP contribution is -2.13. The second-order valence-corrected chi connectivity index (χ2v) is 17.9. The van der Waals surface area contributed by atoms with E-state index in [0.717, 1.165) is 23.5 Å². The van der Waals surface area contributed by atoms with Crippen LogP contribution in [0.3, 0.4) is 0 Å². The third-order valence-corrected chi connectivity index (χ3v) is 14.2. The maximum absolute atomic E-state index is 2.50. The van der Waals surface area contributed by atoms with Crippen molar-refractivity contribution in [3.05, 3.63) is 265 Å². The summed E-state index contributed by atoms with van der Waals surface area (Å²) in [7, 11) is 0. The van der Waals surface area contributed by atoms with Crippen molar-refractivity contribution >= 4 is 77.0 Å². The van der Waals surface area contributed by atoms with E-state index < -0.39 is 0 Å². The summed E-state index contributed by atoms with van der Waals surface area (Å²) in [5, 5.41) is 12.6. The Bertz CT molecular complexity index is 3800.